The number of carbonyl (C=O) groups excluding carboxylic acids is 1. The van der Waals surface area contributed by atoms with Crippen LogP contribution in [-0.2, 0) is 34.2 Å². The lowest BCUT2D eigenvalue weighted by molar-refractivity contribution is 0.0468. The first-order chi connectivity index (χ1) is 15.4. The maximum atomic E-state index is 13.6. The fourth-order valence-corrected chi connectivity index (χ4v) is 6.13. The summed E-state index contributed by atoms with van der Waals surface area (Å²) in [5, 5.41) is 2.82. The quantitative estimate of drug-likeness (QED) is 0.479. The van der Waals surface area contributed by atoms with Crippen molar-refractivity contribution >= 4 is 33.0 Å². The molecule has 7 nitrogen and oxygen atoms in total. The molecule has 0 radical (unpaired) electrons. The minimum absolute atomic E-state index is 0.0307. The molecule has 1 aliphatic heterocycles. The number of nitrogens with zero attached hydrogens (tertiary/aromatic N) is 2. The fraction of sp³-hybridized carbons (Fsp3) is 0.304. The molecule has 0 amide bonds. The Hall–Kier alpha value is -2.91. The third-order valence-corrected chi connectivity index (χ3v) is 8.16. The van der Waals surface area contributed by atoms with Crippen molar-refractivity contribution in [1.82, 2.24) is 4.98 Å². The largest absolute Gasteiger partial charge is 0.495 e. The maximum absolute atomic E-state index is 13.6. The second-order valence-electron chi connectivity index (χ2n) is 7.34. The third-order valence-electron chi connectivity index (χ3n) is 5.29. The molecule has 0 fully saturated rings. The van der Waals surface area contributed by atoms with Gasteiger partial charge in [-0.05, 0) is 49.1 Å². The number of aromatic nitrogens is 1. The van der Waals surface area contributed by atoms with E-state index in [0.717, 1.165) is 23.4 Å². The topological polar surface area (TPSA) is 85.8 Å². The van der Waals surface area contributed by atoms with Crippen molar-refractivity contribution in [1.29, 1.82) is 0 Å². The molecule has 168 valence electrons. The van der Waals surface area contributed by atoms with Gasteiger partial charge in [-0.15, -0.1) is 11.3 Å². The van der Waals surface area contributed by atoms with E-state index in [-0.39, 0.29) is 22.8 Å². The van der Waals surface area contributed by atoms with Crippen LogP contribution in [0.3, 0.4) is 0 Å². The number of thiazole rings is 1. The Kier molecular flexibility index (Phi) is 6.48. The van der Waals surface area contributed by atoms with Crippen LogP contribution in [0.2, 0.25) is 0 Å². The number of aryl methyl sites for hydroxylation is 2. The second-order valence-corrected chi connectivity index (χ2v) is 10.1. The standard InChI is InChI=1S/C23H24N2O5S2/c1-3-22-24-18(15-31-22)14-30-23(26)17-10-11-20(29-2)21(13-17)32(27,28)25-12-6-8-16-7-4-5-9-19(16)25/h4-5,7,9-11,13,15H,3,6,8,12,14H2,1-2H3. The van der Waals surface area contributed by atoms with E-state index in [2.05, 4.69) is 4.98 Å². The molecule has 1 aliphatic rings. The Balaban J connectivity index is 1.62. The van der Waals surface area contributed by atoms with Gasteiger partial charge in [0.25, 0.3) is 10.0 Å². The van der Waals surface area contributed by atoms with Crippen LogP contribution in [0.4, 0.5) is 5.69 Å². The van der Waals surface area contributed by atoms with E-state index in [1.165, 1.54) is 41.0 Å². The molecule has 0 unspecified atom stereocenters. The van der Waals surface area contributed by atoms with Crippen LogP contribution >= 0.6 is 11.3 Å². The van der Waals surface area contributed by atoms with Gasteiger partial charge in [0, 0.05) is 11.9 Å². The van der Waals surface area contributed by atoms with E-state index >= 15 is 0 Å². The number of rotatable bonds is 7. The first-order valence-corrected chi connectivity index (χ1v) is 12.6. The van der Waals surface area contributed by atoms with Crippen molar-refractivity contribution < 1.29 is 22.7 Å². The number of sulfonamides is 1. The molecule has 0 N–H and O–H groups in total. The molecule has 4 rings (SSSR count). The second kappa shape index (κ2) is 9.30. The Labute approximate surface area is 191 Å². The summed E-state index contributed by atoms with van der Waals surface area (Å²) in [4.78, 5) is 17.0. The molecule has 0 aliphatic carbocycles. The zero-order valence-electron chi connectivity index (χ0n) is 17.9. The normalized spacial score (nSPS) is 13.5. The van der Waals surface area contributed by atoms with Gasteiger partial charge in [-0.2, -0.15) is 0 Å². The number of ether oxygens (including phenoxy) is 2. The zero-order valence-corrected chi connectivity index (χ0v) is 19.5. The summed E-state index contributed by atoms with van der Waals surface area (Å²) in [7, 11) is -2.54. The lowest BCUT2D eigenvalue weighted by Crippen LogP contribution is -2.35. The first kappa shape index (κ1) is 22.3. The van der Waals surface area contributed by atoms with Crippen molar-refractivity contribution in [3.8, 4) is 5.75 Å². The summed E-state index contributed by atoms with van der Waals surface area (Å²) >= 11 is 1.51. The Morgan fingerprint density at radius 1 is 1.22 bits per heavy atom. The number of carbonyl (C=O) groups is 1. The highest BCUT2D eigenvalue weighted by atomic mass is 32.2. The molecule has 0 bridgehead atoms. The average molecular weight is 473 g/mol. The number of hydrogen-bond acceptors (Lipinski definition) is 7. The van der Waals surface area contributed by atoms with Crippen molar-refractivity contribution in [3.63, 3.8) is 0 Å². The lowest BCUT2D eigenvalue weighted by atomic mass is 10.0. The number of anilines is 1. The predicted molar refractivity (Wildman–Crippen MR) is 123 cm³/mol. The van der Waals surface area contributed by atoms with Crippen LogP contribution in [0.5, 0.6) is 5.75 Å². The van der Waals surface area contributed by atoms with Crippen LogP contribution in [0.25, 0.3) is 0 Å². The summed E-state index contributed by atoms with van der Waals surface area (Å²) in [6.45, 7) is 2.40. The highest BCUT2D eigenvalue weighted by Gasteiger charge is 2.32. The molecule has 2 aromatic carbocycles. The monoisotopic (exact) mass is 472 g/mol. The highest BCUT2D eigenvalue weighted by molar-refractivity contribution is 7.93. The van der Waals surface area contributed by atoms with Crippen LogP contribution < -0.4 is 9.04 Å². The highest BCUT2D eigenvalue weighted by Crippen LogP contribution is 2.35. The molecule has 0 spiro atoms. The SMILES string of the molecule is CCc1nc(COC(=O)c2ccc(OC)c(S(=O)(=O)N3CCCc4ccccc43)c2)cs1. The molecule has 2 heterocycles. The van der Waals surface area contributed by atoms with Crippen LogP contribution in [-0.4, -0.2) is 33.0 Å². The number of benzene rings is 2. The summed E-state index contributed by atoms with van der Waals surface area (Å²) in [5.41, 5.74) is 2.45. The van der Waals surface area contributed by atoms with Gasteiger partial charge in [0.2, 0.25) is 0 Å². The van der Waals surface area contributed by atoms with Gasteiger partial charge >= 0.3 is 5.97 Å². The van der Waals surface area contributed by atoms with Gasteiger partial charge in [-0.1, -0.05) is 25.1 Å². The van der Waals surface area contributed by atoms with Gasteiger partial charge < -0.3 is 9.47 Å². The molecule has 0 saturated heterocycles. The number of hydrogen-bond donors (Lipinski definition) is 0. The van der Waals surface area contributed by atoms with Crippen molar-refractivity contribution in [2.45, 2.75) is 37.7 Å². The zero-order chi connectivity index (χ0) is 22.7. The molecular weight excluding hydrogens is 448 g/mol. The molecule has 9 heteroatoms. The van der Waals surface area contributed by atoms with Crippen molar-refractivity contribution in [3.05, 3.63) is 69.7 Å². The number of para-hydroxylation sites is 1. The smallest absolute Gasteiger partial charge is 0.338 e. The van der Waals surface area contributed by atoms with E-state index in [0.29, 0.717) is 24.3 Å². The van der Waals surface area contributed by atoms with Gasteiger partial charge in [0.05, 0.1) is 29.1 Å². The first-order valence-electron chi connectivity index (χ1n) is 10.3. The fourth-order valence-electron chi connectivity index (χ4n) is 3.67. The van der Waals surface area contributed by atoms with Gasteiger partial charge in [-0.25, -0.2) is 18.2 Å². The van der Waals surface area contributed by atoms with Gasteiger partial charge in [0.15, 0.2) is 0 Å². The van der Waals surface area contributed by atoms with Gasteiger partial charge in [0.1, 0.15) is 17.3 Å². The van der Waals surface area contributed by atoms with E-state index in [1.807, 2.05) is 30.5 Å². The molecule has 3 aromatic rings. The van der Waals surface area contributed by atoms with Crippen LogP contribution in [0, 0.1) is 0 Å². The molecule has 32 heavy (non-hydrogen) atoms. The Bertz CT molecular complexity index is 1240. The van der Waals surface area contributed by atoms with E-state index < -0.39 is 16.0 Å². The van der Waals surface area contributed by atoms with E-state index in [1.54, 1.807) is 6.07 Å². The molecular formula is C23H24N2O5S2. The third kappa shape index (κ3) is 4.35. The van der Waals surface area contributed by atoms with E-state index in [4.69, 9.17) is 9.47 Å². The number of methoxy groups -OCH3 is 1. The summed E-state index contributed by atoms with van der Waals surface area (Å²) < 4.78 is 39.3. The molecule has 0 atom stereocenters. The summed E-state index contributed by atoms with van der Waals surface area (Å²) in [6, 6.07) is 11.8. The number of fused-ring (bicyclic) bond motifs is 1. The Morgan fingerprint density at radius 2 is 2.03 bits per heavy atom. The minimum atomic E-state index is -3.95. The minimum Gasteiger partial charge on any atom is -0.495 e. The van der Waals surface area contributed by atoms with E-state index in [9.17, 15) is 13.2 Å². The molecule has 0 saturated carbocycles. The van der Waals surface area contributed by atoms with Gasteiger partial charge in [-0.3, -0.25) is 4.31 Å². The van der Waals surface area contributed by atoms with Crippen LogP contribution in [0.1, 0.15) is 40.0 Å². The van der Waals surface area contributed by atoms with Crippen molar-refractivity contribution in [2.24, 2.45) is 0 Å². The van der Waals surface area contributed by atoms with Crippen molar-refractivity contribution in [2.75, 3.05) is 18.0 Å². The lowest BCUT2D eigenvalue weighted by Gasteiger charge is -2.30. The molecule has 1 aromatic heterocycles. The Morgan fingerprint density at radius 3 is 2.78 bits per heavy atom. The summed E-state index contributed by atoms with van der Waals surface area (Å²) in [5.74, 6) is -0.439. The average Bonchev–Trinajstić information content (AvgIpc) is 3.30. The number of esters is 1. The predicted octanol–water partition coefficient (Wildman–Crippen LogP) is 4.21. The maximum Gasteiger partial charge on any atom is 0.338 e. The summed E-state index contributed by atoms with van der Waals surface area (Å²) in [6.07, 6.45) is 2.35. The van der Waals surface area contributed by atoms with Crippen LogP contribution in [0.15, 0.2) is 52.7 Å².